The zero-order chi connectivity index (χ0) is 13.2. The average molecular weight is 255 g/mol. The second-order valence-electron chi connectivity index (χ2n) is 4.31. The minimum atomic E-state index is 0.487. The van der Waals surface area contributed by atoms with Crippen molar-refractivity contribution in [3.63, 3.8) is 0 Å². The van der Waals surface area contributed by atoms with E-state index in [-0.39, 0.29) is 0 Å². The molecule has 0 spiro atoms. The minimum Gasteiger partial charge on any atom is -0.384 e. The number of hydrogen-bond donors (Lipinski definition) is 1. The van der Waals surface area contributed by atoms with Crippen molar-refractivity contribution >= 4 is 5.82 Å². The summed E-state index contributed by atoms with van der Waals surface area (Å²) in [6.45, 7) is 2.48. The Hall–Kier alpha value is -2.63. The maximum absolute atomic E-state index is 5.70. The molecule has 0 saturated heterocycles. The summed E-state index contributed by atoms with van der Waals surface area (Å²) in [5.74, 6) is 1.28. The first-order valence-corrected chi connectivity index (χ1v) is 5.86. The largest absolute Gasteiger partial charge is 0.384 e. The van der Waals surface area contributed by atoms with Gasteiger partial charge in [0.1, 0.15) is 5.82 Å². The van der Waals surface area contributed by atoms with Crippen LogP contribution in [0, 0.1) is 6.92 Å². The zero-order valence-electron chi connectivity index (χ0n) is 10.4. The topological polar surface area (TPSA) is 82.8 Å². The monoisotopic (exact) mass is 255 g/mol. The summed E-state index contributed by atoms with van der Waals surface area (Å²) in [6, 6.07) is 5.62. The lowest BCUT2D eigenvalue weighted by molar-refractivity contribution is 0.373. The Morgan fingerprint density at radius 2 is 2.26 bits per heavy atom. The first kappa shape index (κ1) is 11.5. The molecule has 0 aliphatic carbocycles. The maximum Gasteiger partial charge on any atom is 0.156 e. The Balaban J connectivity index is 1.94. The van der Waals surface area contributed by atoms with Crippen LogP contribution in [0.3, 0.4) is 0 Å². The molecule has 6 nitrogen and oxygen atoms in total. The molecule has 0 aromatic carbocycles. The van der Waals surface area contributed by atoms with E-state index in [1.807, 2.05) is 29.7 Å². The van der Waals surface area contributed by atoms with Crippen molar-refractivity contribution in [1.29, 1.82) is 0 Å². The number of hydrogen-bond acceptors (Lipinski definition) is 5. The number of nitrogens with zero attached hydrogens (tertiary/aromatic N) is 4. The molecule has 0 unspecified atom stereocenters. The number of imidazole rings is 1. The highest BCUT2D eigenvalue weighted by Gasteiger charge is 2.08. The van der Waals surface area contributed by atoms with Gasteiger partial charge in [0.2, 0.25) is 0 Å². The Labute approximate surface area is 109 Å². The number of aromatic nitrogens is 4. The molecule has 6 heteroatoms. The summed E-state index contributed by atoms with van der Waals surface area (Å²) in [5, 5.41) is 3.87. The van der Waals surface area contributed by atoms with Crippen LogP contribution in [0.4, 0.5) is 5.82 Å². The summed E-state index contributed by atoms with van der Waals surface area (Å²) in [4.78, 5) is 8.16. The second-order valence-corrected chi connectivity index (χ2v) is 4.31. The third kappa shape index (κ3) is 2.33. The van der Waals surface area contributed by atoms with Gasteiger partial charge in [-0.05, 0) is 19.1 Å². The van der Waals surface area contributed by atoms with Crippen molar-refractivity contribution in [3.05, 3.63) is 48.4 Å². The van der Waals surface area contributed by atoms with E-state index >= 15 is 0 Å². The maximum atomic E-state index is 5.70. The van der Waals surface area contributed by atoms with E-state index in [1.54, 1.807) is 18.7 Å². The van der Waals surface area contributed by atoms with Gasteiger partial charge in [-0.15, -0.1) is 0 Å². The Morgan fingerprint density at radius 3 is 3.00 bits per heavy atom. The molecule has 2 N–H and O–H groups in total. The van der Waals surface area contributed by atoms with Gasteiger partial charge in [0.05, 0.1) is 30.5 Å². The van der Waals surface area contributed by atoms with E-state index < -0.39 is 0 Å². The van der Waals surface area contributed by atoms with E-state index in [2.05, 4.69) is 15.1 Å². The van der Waals surface area contributed by atoms with Gasteiger partial charge in [-0.2, -0.15) is 0 Å². The third-order valence-electron chi connectivity index (χ3n) is 2.79. The molecule has 0 aliphatic heterocycles. The van der Waals surface area contributed by atoms with Gasteiger partial charge in [-0.25, -0.2) is 9.97 Å². The van der Waals surface area contributed by atoms with Crippen LogP contribution in [0.5, 0.6) is 0 Å². The molecule has 3 aromatic rings. The molecule has 96 valence electrons. The van der Waals surface area contributed by atoms with E-state index in [4.69, 9.17) is 10.3 Å². The highest BCUT2D eigenvalue weighted by molar-refractivity contribution is 5.61. The van der Waals surface area contributed by atoms with E-state index in [0.717, 1.165) is 22.7 Å². The standard InChI is InChI=1S/C13H13N5O/c1-9-4-11(19-17-9)7-18-8-15-6-12(18)10-2-3-16-13(14)5-10/h2-6,8H,7H2,1H3,(H2,14,16). The summed E-state index contributed by atoms with van der Waals surface area (Å²) >= 11 is 0. The molecule has 19 heavy (non-hydrogen) atoms. The van der Waals surface area contributed by atoms with Gasteiger partial charge in [-0.3, -0.25) is 0 Å². The van der Waals surface area contributed by atoms with Gasteiger partial charge in [0, 0.05) is 17.8 Å². The summed E-state index contributed by atoms with van der Waals surface area (Å²) in [5.41, 5.74) is 8.50. The Kier molecular flexibility index (Phi) is 2.75. The normalized spacial score (nSPS) is 10.8. The van der Waals surface area contributed by atoms with Gasteiger partial charge in [0.15, 0.2) is 5.76 Å². The Morgan fingerprint density at radius 1 is 1.37 bits per heavy atom. The molecule has 3 aromatic heterocycles. The summed E-state index contributed by atoms with van der Waals surface area (Å²) < 4.78 is 7.20. The lowest BCUT2D eigenvalue weighted by Gasteiger charge is -2.06. The predicted molar refractivity (Wildman–Crippen MR) is 70.2 cm³/mol. The first-order valence-electron chi connectivity index (χ1n) is 5.86. The fourth-order valence-corrected chi connectivity index (χ4v) is 1.95. The van der Waals surface area contributed by atoms with Gasteiger partial charge in [0.25, 0.3) is 0 Å². The number of aryl methyl sites for hydroxylation is 1. The van der Waals surface area contributed by atoms with Crippen LogP contribution >= 0.6 is 0 Å². The smallest absolute Gasteiger partial charge is 0.156 e. The Bertz CT molecular complexity index is 700. The van der Waals surface area contributed by atoms with Gasteiger partial charge < -0.3 is 14.8 Å². The fraction of sp³-hybridized carbons (Fsp3) is 0.154. The molecule has 0 bridgehead atoms. The summed E-state index contributed by atoms with van der Waals surface area (Å²) in [7, 11) is 0. The highest BCUT2D eigenvalue weighted by atomic mass is 16.5. The van der Waals surface area contributed by atoms with Gasteiger partial charge >= 0.3 is 0 Å². The van der Waals surface area contributed by atoms with Crippen LogP contribution in [0.25, 0.3) is 11.3 Å². The number of nitrogens with two attached hydrogens (primary N) is 1. The fourth-order valence-electron chi connectivity index (χ4n) is 1.95. The number of anilines is 1. The number of pyridine rings is 1. The van der Waals surface area contributed by atoms with Crippen molar-refractivity contribution in [2.45, 2.75) is 13.5 Å². The van der Waals surface area contributed by atoms with Crippen LogP contribution in [-0.4, -0.2) is 19.7 Å². The molecule has 0 fully saturated rings. The minimum absolute atomic E-state index is 0.487. The second kappa shape index (κ2) is 4.56. The summed E-state index contributed by atoms with van der Waals surface area (Å²) in [6.07, 6.45) is 5.22. The quantitative estimate of drug-likeness (QED) is 0.772. The molecule has 0 atom stereocenters. The van der Waals surface area contributed by atoms with Crippen LogP contribution in [0.1, 0.15) is 11.5 Å². The molecule has 3 rings (SSSR count). The van der Waals surface area contributed by atoms with Crippen molar-refractivity contribution in [2.24, 2.45) is 0 Å². The lowest BCUT2D eigenvalue weighted by Crippen LogP contribution is -2.00. The average Bonchev–Trinajstić information content (AvgIpc) is 2.99. The van der Waals surface area contributed by atoms with E-state index in [9.17, 15) is 0 Å². The lowest BCUT2D eigenvalue weighted by atomic mass is 10.2. The van der Waals surface area contributed by atoms with Crippen molar-refractivity contribution < 1.29 is 4.52 Å². The molecule has 3 heterocycles. The zero-order valence-corrected chi connectivity index (χ0v) is 10.4. The molecule has 0 radical (unpaired) electrons. The number of rotatable bonds is 3. The SMILES string of the molecule is Cc1cc(Cn2cncc2-c2ccnc(N)c2)on1. The van der Waals surface area contributed by atoms with E-state index in [1.165, 1.54) is 0 Å². The van der Waals surface area contributed by atoms with Crippen LogP contribution in [-0.2, 0) is 6.54 Å². The number of nitrogen functional groups attached to an aromatic ring is 1. The molecular formula is C13H13N5O. The molecule has 0 saturated carbocycles. The predicted octanol–water partition coefficient (Wildman–Crippen LogP) is 1.87. The van der Waals surface area contributed by atoms with Crippen molar-refractivity contribution in [2.75, 3.05) is 5.73 Å². The highest BCUT2D eigenvalue weighted by Crippen LogP contribution is 2.21. The molecular weight excluding hydrogens is 242 g/mol. The first-order chi connectivity index (χ1) is 9.22. The van der Waals surface area contributed by atoms with Crippen LogP contribution < -0.4 is 5.73 Å². The van der Waals surface area contributed by atoms with E-state index in [0.29, 0.717) is 12.4 Å². The molecule has 0 aliphatic rings. The van der Waals surface area contributed by atoms with Gasteiger partial charge in [-0.1, -0.05) is 5.16 Å². The third-order valence-corrected chi connectivity index (χ3v) is 2.79. The van der Waals surface area contributed by atoms with Crippen LogP contribution in [0.15, 0.2) is 41.4 Å². The van der Waals surface area contributed by atoms with Crippen molar-refractivity contribution in [3.8, 4) is 11.3 Å². The molecule has 0 amide bonds. The van der Waals surface area contributed by atoms with Crippen LogP contribution in [0.2, 0.25) is 0 Å². The van der Waals surface area contributed by atoms with Crippen molar-refractivity contribution in [1.82, 2.24) is 19.7 Å².